The Morgan fingerprint density at radius 3 is 2.63 bits per heavy atom. The van der Waals surface area contributed by atoms with Gasteiger partial charge >= 0.3 is 0 Å². The fraction of sp³-hybridized carbons (Fsp3) is 0.571. The molecule has 3 heterocycles. The van der Waals surface area contributed by atoms with Gasteiger partial charge in [-0.15, -0.1) is 0 Å². The van der Waals surface area contributed by atoms with E-state index in [0.717, 1.165) is 42.8 Å². The molecule has 3 nitrogen and oxygen atoms in total. The maximum atomic E-state index is 14.1. The number of rotatable bonds is 3. The van der Waals surface area contributed by atoms with Crippen molar-refractivity contribution in [3.8, 4) is 0 Å². The van der Waals surface area contributed by atoms with Crippen molar-refractivity contribution in [2.24, 2.45) is 0 Å². The summed E-state index contributed by atoms with van der Waals surface area (Å²) >= 11 is 3.44. The van der Waals surface area contributed by atoms with Crippen molar-refractivity contribution < 1.29 is 4.39 Å². The van der Waals surface area contributed by atoms with Crippen LogP contribution in [0.15, 0.2) is 22.7 Å². The molecule has 5 heteroatoms. The van der Waals surface area contributed by atoms with E-state index < -0.39 is 0 Å². The molecule has 0 aromatic heterocycles. The molecule has 4 rings (SSSR count). The molecule has 3 fully saturated rings. The summed E-state index contributed by atoms with van der Waals surface area (Å²) in [6.45, 7) is 5.51. The molecule has 3 saturated heterocycles. The van der Waals surface area contributed by atoms with Crippen molar-refractivity contribution in [2.75, 3.05) is 39.8 Å². The molecular weight excluding hydrogens is 309 g/mol. The highest BCUT2D eigenvalue weighted by Gasteiger charge is 2.37. The molecule has 1 N–H and O–H groups in total. The topological polar surface area (TPSA) is 18.5 Å². The van der Waals surface area contributed by atoms with E-state index in [1.165, 1.54) is 0 Å². The molecule has 0 aliphatic carbocycles. The third-order valence-corrected chi connectivity index (χ3v) is 4.80. The summed E-state index contributed by atoms with van der Waals surface area (Å²) in [5.74, 6) is -0.125. The van der Waals surface area contributed by atoms with Gasteiger partial charge in [-0.05, 0) is 25.2 Å². The second-order valence-corrected chi connectivity index (χ2v) is 6.25. The first-order valence-electron chi connectivity index (χ1n) is 6.77. The Morgan fingerprint density at radius 2 is 2.05 bits per heavy atom. The molecule has 2 unspecified atom stereocenters. The van der Waals surface area contributed by atoms with Crippen molar-refractivity contribution in [1.82, 2.24) is 15.1 Å². The van der Waals surface area contributed by atoms with E-state index in [0.29, 0.717) is 6.04 Å². The number of nitrogens with one attached hydrogen (secondary N) is 1. The van der Waals surface area contributed by atoms with Crippen LogP contribution >= 0.6 is 15.9 Å². The van der Waals surface area contributed by atoms with Crippen molar-refractivity contribution in [3.05, 3.63) is 34.1 Å². The van der Waals surface area contributed by atoms with E-state index >= 15 is 0 Å². The monoisotopic (exact) mass is 327 g/mol. The van der Waals surface area contributed by atoms with Crippen molar-refractivity contribution in [2.45, 2.75) is 12.1 Å². The average molecular weight is 328 g/mol. The van der Waals surface area contributed by atoms with Gasteiger partial charge < -0.3 is 5.32 Å². The van der Waals surface area contributed by atoms with Crippen LogP contribution in [0.25, 0.3) is 0 Å². The van der Waals surface area contributed by atoms with Crippen LogP contribution in [0.4, 0.5) is 4.39 Å². The lowest BCUT2D eigenvalue weighted by Gasteiger charge is -2.50. The molecule has 19 heavy (non-hydrogen) atoms. The van der Waals surface area contributed by atoms with Crippen LogP contribution in [0.1, 0.15) is 11.6 Å². The number of hydrogen-bond acceptors (Lipinski definition) is 3. The summed E-state index contributed by atoms with van der Waals surface area (Å²) in [4.78, 5) is 4.96. The number of nitrogens with zero attached hydrogens (tertiary/aromatic N) is 2. The predicted molar refractivity (Wildman–Crippen MR) is 77.7 cm³/mol. The van der Waals surface area contributed by atoms with Gasteiger partial charge in [-0.2, -0.15) is 0 Å². The lowest BCUT2D eigenvalue weighted by Crippen LogP contribution is -2.63. The molecule has 1 aromatic carbocycles. The molecule has 0 radical (unpaired) electrons. The quantitative estimate of drug-likeness (QED) is 0.914. The van der Waals surface area contributed by atoms with Crippen molar-refractivity contribution >= 4 is 15.9 Å². The lowest BCUT2D eigenvalue weighted by molar-refractivity contribution is -0.00304. The fourth-order valence-corrected chi connectivity index (χ4v) is 3.66. The number of benzene rings is 1. The standard InChI is InChI=1S/C14H19BrFN3/c1-17-14(11-8-10(15)2-3-12(11)16)13-9-18-4-6-19(13)7-5-18/h2-3,8,13-14,17H,4-7,9H2,1H3. The number of fused-ring (bicyclic) bond motifs is 3. The molecule has 1 aromatic rings. The third kappa shape index (κ3) is 2.57. The van der Waals surface area contributed by atoms with E-state index in [2.05, 4.69) is 31.0 Å². The Kier molecular flexibility index (Phi) is 3.89. The molecular formula is C14H19BrFN3. The Morgan fingerprint density at radius 1 is 1.32 bits per heavy atom. The number of hydrogen-bond donors (Lipinski definition) is 1. The lowest BCUT2D eigenvalue weighted by atomic mass is 9.94. The zero-order valence-corrected chi connectivity index (χ0v) is 12.7. The molecule has 2 atom stereocenters. The highest BCUT2D eigenvalue weighted by molar-refractivity contribution is 9.10. The highest BCUT2D eigenvalue weighted by Crippen LogP contribution is 2.30. The van der Waals surface area contributed by atoms with E-state index in [1.54, 1.807) is 12.1 Å². The maximum absolute atomic E-state index is 14.1. The van der Waals surface area contributed by atoms with Crippen LogP contribution < -0.4 is 5.32 Å². The minimum atomic E-state index is -0.125. The zero-order valence-electron chi connectivity index (χ0n) is 11.1. The van der Waals surface area contributed by atoms with Crippen LogP contribution in [-0.2, 0) is 0 Å². The number of likely N-dealkylation sites (N-methyl/N-ethyl adjacent to an activating group) is 1. The largest absolute Gasteiger partial charge is 0.312 e. The highest BCUT2D eigenvalue weighted by atomic mass is 79.9. The van der Waals surface area contributed by atoms with Crippen LogP contribution in [0.5, 0.6) is 0 Å². The molecule has 0 amide bonds. The summed E-state index contributed by atoms with van der Waals surface area (Å²) in [6.07, 6.45) is 0. The second-order valence-electron chi connectivity index (χ2n) is 5.34. The van der Waals surface area contributed by atoms with E-state index in [-0.39, 0.29) is 11.9 Å². The van der Waals surface area contributed by atoms with Gasteiger partial charge in [0.15, 0.2) is 0 Å². The van der Waals surface area contributed by atoms with Gasteiger partial charge in [0, 0.05) is 48.8 Å². The minimum Gasteiger partial charge on any atom is -0.312 e. The number of halogens is 2. The van der Waals surface area contributed by atoms with Gasteiger partial charge in [-0.1, -0.05) is 15.9 Å². The van der Waals surface area contributed by atoms with Crippen LogP contribution in [-0.4, -0.2) is 55.6 Å². The maximum Gasteiger partial charge on any atom is 0.128 e. The molecule has 3 aliphatic heterocycles. The molecule has 3 aliphatic rings. The van der Waals surface area contributed by atoms with Crippen LogP contribution in [0, 0.1) is 5.82 Å². The van der Waals surface area contributed by atoms with Gasteiger partial charge in [-0.25, -0.2) is 4.39 Å². The summed E-state index contributed by atoms with van der Waals surface area (Å²) < 4.78 is 15.0. The summed E-state index contributed by atoms with van der Waals surface area (Å²) in [5.41, 5.74) is 0.760. The smallest absolute Gasteiger partial charge is 0.128 e. The van der Waals surface area contributed by atoms with E-state index in [9.17, 15) is 4.39 Å². The molecule has 104 valence electrons. The second kappa shape index (κ2) is 5.48. The molecule has 0 spiro atoms. The third-order valence-electron chi connectivity index (χ3n) is 4.31. The first-order valence-corrected chi connectivity index (χ1v) is 7.57. The normalized spacial score (nSPS) is 31.4. The van der Waals surface area contributed by atoms with Crippen LogP contribution in [0.3, 0.4) is 0 Å². The van der Waals surface area contributed by atoms with Gasteiger partial charge in [0.2, 0.25) is 0 Å². The predicted octanol–water partition coefficient (Wildman–Crippen LogP) is 1.85. The Balaban J connectivity index is 1.90. The first kappa shape index (κ1) is 13.5. The van der Waals surface area contributed by atoms with Gasteiger partial charge in [0.05, 0.1) is 6.04 Å². The average Bonchev–Trinajstić information content (AvgIpc) is 2.45. The Hall–Kier alpha value is -0.490. The van der Waals surface area contributed by atoms with Gasteiger partial charge in [0.25, 0.3) is 0 Å². The Labute approximate surface area is 121 Å². The zero-order chi connectivity index (χ0) is 13.4. The number of piperazine rings is 3. The van der Waals surface area contributed by atoms with Gasteiger partial charge in [-0.3, -0.25) is 9.80 Å². The summed E-state index contributed by atoms with van der Waals surface area (Å²) in [5, 5.41) is 3.31. The van der Waals surface area contributed by atoms with Crippen molar-refractivity contribution in [1.29, 1.82) is 0 Å². The van der Waals surface area contributed by atoms with Crippen molar-refractivity contribution in [3.63, 3.8) is 0 Å². The Bertz CT molecular complexity index is 460. The summed E-state index contributed by atoms with van der Waals surface area (Å²) in [6, 6.07) is 5.59. The van der Waals surface area contributed by atoms with E-state index in [4.69, 9.17) is 0 Å². The summed E-state index contributed by atoms with van der Waals surface area (Å²) in [7, 11) is 1.92. The SMILES string of the molecule is CNC(c1cc(Br)ccc1F)C1CN2CCN1CC2. The van der Waals surface area contributed by atoms with E-state index in [1.807, 2.05) is 13.1 Å². The molecule has 2 bridgehead atoms. The van der Waals surface area contributed by atoms with Crippen LogP contribution in [0.2, 0.25) is 0 Å². The first-order chi connectivity index (χ1) is 9.19. The van der Waals surface area contributed by atoms with Gasteiger partial charge in [0.1, 0.15) is 5.82 Å². The molecule has 0 saturated carbocycles. The minimum absolute atomic E-state index is 0.0422. The fourth-order valence-electron chi connectivity index (χ4n) is 3.28.